The van der Waals surface area contributed by atoms with Gasteiger partial charge in [-0.15, -0.1) is 0 Å². The summed E-state index contributed by atoms with van der Waals surface area (Å²) in [5.74, 6) is -0.481. The minimum Gasteiger partial charge on any atom is -0.508 e. The molecule has 196 valence electrons. The van der Waals surface area contributed by atoms with Crippen molar-refractivity contribution >= 4 is 27.5 Å². The third-order valence-corrected chi connectivity index (χ3v) is 7.58. The number of piperazine rings is 1. The Labute approximate surface area is 223 Å². The zero-order valence-corrected chi connectivity index (χ0v) is 20.9. The number of benzene rings is 3. The van der Waals surface area contributed by atoms with E-state index in [0.29, 0.717) is 34.4 Å². The molecule has 7 rings (SSSR count). The number of ether oxygens (including phenoxy) is 1. The Balaban J connectivity index is 1.37. The molecule has 2 aromatic heterocycles. The number of rotatable bonds is 5. The van der Waals surface area contributed by atoms with Crippen LogP contribution in [0, 0.1) is 11.6 Å². The van der Waals surface area contributed by atoms with Crippen LogP contribution in [0.25, 0.3) is 32.9 Å². The molecule has 0 spiro atoms. The number of nitrogens with zero attached hydrogens (tertiary/aromatic N) is 4. The summed E-state index contributed by atoms with van der Waals surface area (Å²) in [6.45, 7) is 1.34. The van der Waals surface area contributed by atoms with Crippen molar-refractivity contribution in [1.82, 2.24) is 20.3 Å². The fourth-order valence-electron chi connectivity index (χ4n) is 5.73. The van der Waals surface area contributed by atoms with Gasteiger partial charge in [0.25, 0.3) is 0 Å². The average Bonchev–Trinajstić information content (AvgIpc) is 3.29. The van der Waals surface area contributed by atoms with Gasteiger partial charge in [0.15, 0.2) is 5.82 Å². The molecule has 2 N–H and O–H groups in total. The number of nitrogens with one attached hydrogen (secondary N) is 1. The SMILES string of the molecule is Oc1cc(-c2ncc3c(N4C[C@H]5CC[C@@H](C4)N5)nc(OCc4ccccc4F)nc3c2F)c2ccccc2c1. The van der Waals surface area contributed by atoms with E-state index in [1.54, 1.807) is 30.5 Å². The highest BCUT2D eigenvalue weighted by Crippen LogP contribution is 2.37. The molecule has 2 fully saturated rings. The highest BCUT2D eigenvalue weighted by Gasteiger charge is 2.34. The van der Waals surface area contributed by atoms with Crippen LogP contribution in [0.5, 0.6) is 11.8 Å². The van der Waals surface area contributed by atoms with Crippen molar-refractivity contribution in [2.24, 2.45) is 0 Å². The third-order valence-electron chi connectivity index (χ3n) is 7.58. The maximum atomic E-state index is 16.4. The highest BCUT2D eigenvalue weighted by atomic mass is 19.1. The number of fused-ring (bicyclic) bond motifs is 4. The van der Waals surface area contributed by atoms with Crippen molar-refractivity contribution in [2.75, 3.05) is 18.0 Å². The molecule has 4 heterocycles. The van der Waals surface area contributed by atoms with Crippen LogP contribution in [-0.2, 0) is 6.61 Å². The van der Waals surface area contributed by atoms with Gasteiger partial charge in [-0.1, -0.05) is 42.5 Å². The number of phenolic OH excluding ortho intramolecular Hbond substituents is 1. The first-order valence-corrected chi connectivity index (χ1v) is 13.0. The third kappa shape index (κ3) is 4.28. The maximum Gasteiger partial charge on any atom is 0.319 e. The summed E-state index contributed by atoms with van der Waals surface area (Å²) in [5.41, 5.74) is 0.941. The molecule has 2 saturated heterocycles. The Bertz CT molecular complexity index is 1720. The molecule has 0 saturated carbocycles. The summed E-state index contributed by atoms with van der Waals surface area (Å²) >= 11 is 0. The van der Waals surface area contributed by atoms with E-state index in [4.69, 9.17) is 4.74 Å². The number of aromatic nitrogens is 3. The van der Waals surface area contributed by atoms with E-state index >= 15 is 4.39 Å². The van der Waals surface area contributed by atoms with Gasteiger partial charge >= 0.3 is 6.01 Å². The molecule has 5 aromatic rings. The second-order valence-corrected chi connectivity index (χ2v) is 10.2. The molecule has 39 heavy (non-hydrogen) atoms. The lowest BCUT2D eigenvalue weighted by molar-refractivity contribution is 0.276. The molecule has 0 amide bonds. The number of halogens is 2. The number of pyridine rings is 1. The number of phenols is 1. The van der Waals surface area contributed by atoms with E-state index in [-0.39, 0.29) is 29.6 Å². The predicted molar refractivity (Wildman–Crippen MR) is 145 cm³/mol. The Kier molecular flexibility index (Phi) is 5.73. The van der Waals surface area contributed by atoms with Crippen LogP contribution in [0.1, 0.15) is 18.4 Å². The van der Waals surface area contributed by atoms with Crippen LogP contribution < -0.4 is 15.0 Å². The molecule has 3 aromatic carbocycles. The molecule has 0 aliphatic carbocycles. The molecule has 2 aliphatic heterocycles. The highest BCUT2D eigenvalue weighted by molar-refractivity contribution is 5.99. The van der Waals surface area contributed by atoms with Gasteiger partial charge in [-0.25, -0.2) is 8.78 Å². The number of anilines is 1. The number of hydrogen-bond donors (Lipinski definition) is 2. The van der Waals surface area contributed by atoms with Gasteiger partial charge in [0.1, 0.15) is 35.2 Å². The van der Waals surface area contributed by atoms with Crippen LogP contribution in [0.3, 0.4) is 0 Å². The zero-order valence-electron chi connectivity index (χ0n) is 20.9. The zero-order chi connectivity index (χ0) is 26.5. The summed E-state index contributed by atoms with van der Waals surface area (Å²) in [7, 11) is 0. The van der Waals surface area contributed by atoms with Crippen molar-refractivity contribution in [3.63, 3.8) is 0 Å². The van der Waals surface area contributed by atoms with E-state index in [9.17, 15) is 9.50 Å². The second-order valence-electron chi connectivity index (χ2n) is 10.2. The van der Waals surface area contributed by atoms with E-state index in [1.165, 1.54) is 12.1 Å². The van der Waals surface area contributed by atoms with E-state index in [0.717, 1.165) is 36.7 Å². The van der Waals surface area contributed by atoms with Crippen LogP contribution >= 0.6 is 0 Å². The van der Waals surface area contributed by atoms with Crippen LogP contribution in [0.2, 0.25) is 0 Å². The van der Waals surface area contributed by atoms with Crippen molar-refractivity contribution in [2.45, 2.75) is 31.5 Å². The smallest absolute Gasteiger partial charge is 0.319 e. The Morgan fingerprint density at radius 2 is 1.72 bits per heavy atom. The normalized spacial score (nSPS) is 18.7. The van der Waals surface area contributed by atoms with Gasteiger partial charge in [0, 0.05) is 42.5 Å². The molecule has 7 nitrogen and oxygen atoms in total. The fraction of sp³-hybridized carbons (Fsp3) is 0.233. The summed E-state index contributed by atoms with van der Waals surface area (Å²) in [4.78, 5) is 15.8. The Hall–Kier alpha value is -4.37. The molecule has 2 atom stereocenters. The predicted octanol–water partition coefficient (Wildman–Crippen LogP) is 5.35. The topological polar surface area (TPSA) is 83.4 Å². The standard InChI is InChI=1S/C30H25F2N5O2/c31-25-8-4-2-6-18(25)16-39-30-35-28-24(29(36-30)37-14-19-9-10-20(15-37)34-19)13-33-27(26(28)32)23-12-21(38)11-17-5-1-3-7-22(17)23/h1-8,11-13,19-20,34,38H,9-10,14-16H2/t19-,20+. The van der Waals surface area contributed by atoms with Gasteiger partial charge in [-0.05, 0) is 41.8 Å². The first kappa shape index (κ1) is 23.7. The first-order valence-electron chi connectivity index (χ1n) is 13.0. The quantitative estimate of drug-likeness (QED) is 0.320. The summed E-state index contributed by atoms with van der Waals surface area (Å²) in [6, 6.07) is 17.5. The molecular weight excluding hydrogens is 500 g/mol. The van der Waals surface area contributed by atoms with Gasteiger partial charge in [0.2, 0.25) is 0 Å². The summed E-state index contributed by atoms with van der Waals surface area (Å²) in [6.07, 6.45) is 3.73. The van der Waals surface area contributed by atoms with Crippen molar-refractivity contribution in [3.8, 4) is 23.0 Å². The van der Waals surface area contributed by atoms with Crippen LogP contribution in [0.15, 0.2) is 66.9 Å². The lowest BCUT2D eigenvalue weighted by Gasteiger charge is -2.34. The molecule has 9 heteroatoms. The van der Waals surface area contributed by atoms with E-state index in [2.05, 4.69) is 25.2 Å². The van der Waals surface area contributed by atoms with Gasteiger partial charge < -0.3 is 20.1 Å². The van der Waals surface area contributed by atoms with Crippen molar-refractivity contribution in [1.29, 1.82) is 0 Å². The number of aromatic hydroxyl groups is 1. The lowest BCUT2D eigenvalue weighted by atomic mass is 10.0. The van der Waals surface area contributed by atoms with Crippen LogP contribution in [-0.4, -0.2) is 45.2 Å². The molecule has 2 aliphatic rings. The Morgan fingerprint density at radius 1 is 0.949 bits per heavy atom. The van der Waals surface area contributed by atoms with Crippen molar-refractivity contribution in [3.05, 3.63) is 84.1 Å². The van der Waals surface area contributed by atoms with Crippen LogP contribution in [0.4, 0.5) is 14.6 Å². The fourth-order valence-corrected chi connectivity index (χ4v) is 5.73. The minimum absolute atomic E-state index is 0.0126. The Morgan fingerprint density at radius 3 is 2.54 bits per heavy atom. The lowest BCUT2D eigenvalue weighted by Crippen LogP contribution is -2.51. The van der Waals surface area contributed by atoms with Gasteiger partial charge in [0.05, 0.1) is 5.39 Å². The first-order chi connectivity index (χ1) is 19.0. The maximum absolute atomic E-state index is 16.4. The summed E-state index contributed by atoms with van der Waals surface area (Å²) in [5, 5.41) is 15.9. The van der Waals surface area contributed by atoms with Gasteiger partial charge in [-0.3, -0.25) is 4.98 Å². The van der Waals surface area contributed by atoms with Crippen molar-refractivity contribution < 1.29 is 18.6 Å². The second kappa shape index (κ2) is 9.43. The van der Waals surface area contributed by atoms with Gasteiger partial charge in [-0.2, -0.15) is 9.97 Å². The largest absolute Gasteiger partial charge is 0.508 e. The summed E-state index contributed by atoms with van der Waals surface area (Å²) < 4.78 is 36.4. The average molecular weight is 526 g/mol. The molecule has 2 bridgehead atoms. The molecular formula is C30H25F2N5O2. The molecule has 0 radical (unpaired) electrons. The van der Waals surface area contributed by atoms with E-state index in [1.807, 2.05) is 24.3 Å². The molecule has 0 unspecified atom stereocenters. The van der Waals surface area contributed by atoms with E-state index < -0.39 is 11.6 Å². The minimum atomic E-state index is -0.638. The number of hydrogen-bond acceptors (Lipinski definition) is 7. The monoisotopic (exact) mass is 525 g/mol.